The number of aryl methyl sites for hydroxylation is 2. The minimum Gasteiger partial charge on any atom is -0.351 e. The Bertz CT molecular complexity index is 787. The molecular formula is C18H24N6O2. The largest absolute Gasteiger partial charge is 0.351 e. The van der Waals surface area contributed by atoms with Gasteiger partial charge in [-0.1, -0.05) is 0 Å². The van der Waals surface area contributed by atoms with E-state index in [4.69, 9.17) is 0 Å². The minimum absolute atomic E-state index is 0.0940. The summed E-state index contributed by atoms with van der Waals surface area (Å²) in [7, 11) is 0. The quantitative estimate of drug-likeness (QED) is 0.844. The van der Waals surface area contributed by atoms with Gasteiger partial charge in [0.15, 0.2) is 5.82 Å². The molecule has 2 aromatic heterocycles. The zero-order chi connectivity index (χ0) is 18.5. The number of rotatable bonds is 6. The van der Waals surface area contributed by atoms with Crippen LogP contribution in [0.3, 0.4) is 0 Å². The first-order chi connectivity index (χ1) is 12.5. The molecule has 8 nitrogen and oxygen atoms in total. The number of nitrogens with zero attached hydrogens (tertiary/aromatic N) is 5. The number of nitrogens with one attached hydrogen (secondary N) is 1. The lowest BCUT2D eigenvalue weighted by Gasteiger charge is -2.24. The molecular weight excluding hydrogens is 332 g/mol. The predicted molar refractivity (Wildman–Crippen MR) is 94.8 cm³/mol. The Labute approximate surface area is 152 Å². The molecule has 3 rings (SSSR count). The van der Waals surface area contributed by atoms with Gasteiger partial charge in [-0.05, 0) is 31.9 Å². The van der Waals surface area contributed by atoms with Crippen LogP contribution in [0, 0.1) is 6.92 Å². The van der Waals surface area contributed by atoms with Crippen molar-refractivity contribution in [3.8, 4) is 0 Å². The van der Waals surface area contributed by atoms with E-state index in [0.717, 1.165) is 30.8 Å². The number of hydrogen-bond acceptors (Lipinski definition) is 5. The van der Waals surface area contributed by atoms with E-state index in [1.54, 1.807) is 16.9 Å². The molecule has 2 aromatic rings. The highest BCUT2D eigenvalue weighted by Crippen LogP contribution is 2.30. The summed E-state index contributed by atoms with van der Waals surface area (Å²) in [6, 6.07) is 3.61. The zero-order valence-corrected chi connectivity index (χ0v) is 15.2. The first-order valence-electron chi connectivity index (χ1n) is 8.88. The van der Waals surface area contributed by atoms with Crippen LogP contribution in [0.2, 0.25) is 0 Å². The van der Waals surface area contributed by atoms with Crippen LogP contribution in [0.25, 0.3) is 0 Å². The summed E-state index contributed by atoms with van der Waals surface area (Å²) in [5.74, 6) is 0.641. The Balaban J connectivity index is 1.64. The lowest BCUT2D eigenvalue weighted by molar-refractivity contribution is -0.132. The number of hydrogen-bond donors (Lipinski definition) is 1. The van der Waals surface area contributed by atoms with Gasteiger partial charge >= 0.3 is 0 Å². The van der Waals surface area contributed by atoms with E-state index in [-0.39, 0.29) is 17.9 Å². The van der Waals surface area contributed by atoms with Gasteiger partial charge in [-0.3, -0.25) is 14.3 Å². The molecule has 1 atom stereocenters. The first kappa shape index (κ1) is 18.0. The van der Waals surface area contributed by atoms with Crippen molar-refractivity contribution in [1.82, 2.24) is 30.0 Å². The predicted octanol–water partition coefficient (Wildman–Crippen LogP) is 1.37. The molecule has 8 heteroatoms. The summed E-state index contributed by atoms with van der Waals surface area (Å²) in [6.45, 7) is 5.06. The van der Waals surface area contributed by atoms with E-state index >= 15 is 0 Å². The van der Waals surface area contributed by atoms with Crippen LogP contribution in [-0.2, 0) is 22.7 Å². The molecule has 1 aliphatic rings. The summed E-state index contributed by atoms with van der Waals surface area (Å²) >= 11 is 0. The standard InChI is InChI=1S/C18H24N6O2/c1-13-6-10-23(22-13)11-7-17(26)24-9-3-4-16(24)18-19-8-5-15(21-18)12-20-14(2)25/h5-6,8,10,16H,3-4,7,9,11-12H2,1-2H3,(H,20,25). The molecule has 0 spiro atoms. The Morgan fingerprint density at radius 3 is 2.92 bits per heavy atom. The summed E-state index contributed by atoms with van der Waals surface area (Å²) in [6.07, 6.45) is 5.78. The number of amides is 2. The highest BCUT2D eigenvalue weighted by molar-refractivity contribution is 5.76. The van der Waals surface area contributed by atoms with Crippen LogP contribution in [-0.4, -0.2) is 43.0 Å². The second-order valence-electron chi connectivity index (χ2n) is 6.53. The smallest absolute Gasteiger partial charge is 0.225 e. The fourth-order valence-electron chi connectivity index (χ4n) is 3.16. The molecule has 138 valence electrons. The van der Waals surface area contributed by atoms with Gasteiger partial charge in [-0.15, -0.1) is 0 Å². The van der Waals surface area contributed by atoms with E-state index in [0.29, 0.717) is 25.3 Å². The van der Waals surface area contributed by atoms with Gasteiger partial charge in [-0.25, -0.2) is 9.97 Å². The Morgan fingerprint density at radius 2 is 2.19 bits per heavy atom. The number of likely N-dealkylation sites (tertiary alicyclic amines) is 1. The summed E-state index contributed by atoms with van der Waals surface area (Å²) in [5, 5.41) is 7.05. The van der Waals surface area contributed by atoms with Crippen LogP contribution in [0.15, 0.2) is 24.5 Å². The normalized spacial score (nSPS) is 16.7. The first-order valence-corrected chi connectivity index (χ1v) is 8.88. The third-order valence-electron chi connectivity index (χ3n) is 4.45. The van der Waals surface area contributed by atoms with E-state index < -0.39 is 0 Å². The topological polar surface area (TPSA) is 93.0 Å². The fourth-order valence-corrected chi connectivity index (χ4v) is 3.16. The summed E-state index contributed by atoms with van der Waals surface area (Å²) in [5.41, 5.74) is 1.69. The highest BCUT2D eigenvalue weighted by atomic mass is 16.2. The molecule has 0 saturated carbocycles. The maximum atomic E-state index is 12.7. The molecule has 1 saturated heterocycles. The van der Waals surface area contributed by atoms with Gasteiger partial charge in [0.1, 0.15) is 0 Å². The molecule has 26 heavy (non-hydrogen) atoms. The van der Waals surface area contributed by atoms with E-state index in [2.05, 4.69) is 20.4 Å². The summed E-state index contributed by atoms with van der Waals surface area (Å²) in [4.78, 5) is 34.5. The van der Waals surface area contributed by atoms with Gasteiger partial charge in [0.05, 0.1) is 24.0 Å². The zero-order valence-electron chi connectivity index (χ0n) is 15.2. The van der Waals surface area contributed by atoms with Gasteiger partial charge in [-0.2, -0.15) is 5.10 Å². The van der Waals surface area contributed by atoms with E-state index in [1.165, 1.54) is 6.92 Å². The van der Waals surface area contributed by atoms with Gasteiger partial charge < -0.3 is 10.2 Å². The van der Waals surface area contributed by atoms with Crippen molar-refractivity contribution in [1.29, 1.82) is 0 Å². The van der Waals surface area contributed by atoms with Crippen molar-refractivity contribution in [2.45, 2.75) is 52.2 Å². The Morgan fingerprint density at radius 1 is 1.35 bits per heavy atom. The molecule has 1 aliphatic heterocycles. The fraction of sp³-hybridized carbons (Fsp3) is 0.500. The van der Waals surface area contributed by atoms with Crippen molar-refractivity contribution in [3.05, 3.63) is 41.7 Å². The molecule has 0 aromatic carbocycles. The molecule has 0 bridgehead atoms. The van der Waals surface area contributed by atoms with Crippen LogP contribution >= 0.6 is 0 Å². The van der Waals surface area contributed by atoms with Crippen molar-refractivity contribution in [3.63, 3.8) is 0 Å². The molecule has 1 N–H and O–H groups in total. The SMILES string of the molecule is CC(=O)NCc1ccnc(C2CCCN2C(=O)CCn2ccc(C)n2)n1. The van der Waals surface area contributed by atoms with Crippen LogP contribution in [0.4, 0.5) is 0 Å². The summed E-state index contributed by atoms with van der Waals surface area (Å²) < 4.78 is 1.79. The number of aromatic nitrogens is 4. The van der Waals surface area contributed by atoms with Gasteiger partial charge in [0, 0.05) is 38.8 Å². The van der Waals surface area contributed by atoms with Gasteiger partial charge in [0.25, 0.3) is 0 Å². The Hall–Kier alpha value is -2.77. The molecule has 3 heterocycles. The van der Waals surface area contributed by atoms with Crippen molar-refractivity contribution in [2.75, 3.05) is 6.54 Å². The van der Waals surface area contributed by atoms with Crippen LogP contribution in [0.1, 0.15) is 49.4 Å². The maximum absolute atomic E-state index is 12.7. The lowest BCUT2D eigenvalue weighted by Crippen LogP contribution is -2.32. The molecule has 0 radical (unpaired) electrons. The third kappa shape index (κ3) is 4.44. The van der Waals surface area contributed by atoms with Crippen LogP contribution < -0.4 is 5.32 Å². The van der Waals surface area contributed by atoms with Crippen molar-refractivity contribution >= 4 is 11.8 Å². The Kier molecular flexibility index (Phi) is 5.60. The van der Waals surface area contributed by atoms with E-state index in [9.17, 15) is 9.59 Å². The average molecular weight is 356 g/mol. The maximum Gasteiger partial charge on any atom is 0.225 e. The average Bonchev–Trinajstić information content (AvgIpc) is 3.27. The highest BCUT2D eigenvalue weighted by Gasteiger charge is 2.31. The lowest BCUT2D eigenvalue weighted by atomic mass is 10.2. The van der Waals surface area contributed by atoms with Crippen molar-refractivity contribution in [2.24, 2.45) is 0 Å². The third-order valence-corrected chi connectivity index (χ3v) is 4.45. The molecule has 2 amide bonds. The second-order valence-corrected chi connectivity index (χ2v) is 6.53. The van der Waals surface area contributed by atoms with Gasteiger partial charge in [0.2, 0.25) is 11.8 Å². The van der Waals surface area contributed by atoms with E-state index in [1.807, 2.05) is 24.1 Å². The minimum atomic E-state index is -0.100. The molecule has 1 fully saturated rings. The van der Waals surface area contributed by atoms with Crippen LogP contribution in [0.5, 0.6) is 0 Å². The second kappa shape index (κ2) is 8.07. The molecule has 0 aliphatic carbocycles. The number of carbonyl (C=O) groups excluding carboxylic acids is 2. The molecule has 1 unspecified atom stereocenters. The van der Waals surface area contributed by atoms with Crippen molar-refractivity contribution < 1.29 is 9.59 Å². The number of carbonyl (C=O) groups is 2. The monoisotopic (exact) mass is 356 g/mol.